The Morgan fingerprint density at radius 3 is 2.00 bits per heavy atom. The molecule has 0 saturated heterocycles. The highest BCUT2D eigenvalue weighted by atomic mass is 32.2. The normalized spacial score (nSPS) is 12.2. The van der Waals surface area contributed by atoms with E-state index in [9.17, 15) is 13.2 Å². The second-order valence-electron chi connectivity index (χ2n) is 6.68. The van der Waals surface area contributed by atoms with Crippen molar-refractivity contribution in [2.24, 2.45) is 0 Å². The predicted molar refractivity (Wildman–Crippen MR) is 115 cm³/mol. The van der Waals surface area contributed by atoms with Crippen molar-refractivity contribution in [3.8, 4) is 0 Å². The summed E-state index contributed by atoms with van der Waals surface area (Å²) < 4.78 is 26.7. The smallest absolute Gasteiger partial charge is 0.264 e. The molecule has 0 saturated carbocycles. The number of hydrogen-bond acceptors (Lipinski definition) is 3. The van der Waals surface area contributed by atoms with Crippen LogP contribution in [0.2, 0.25) is 0 Å². The van der Waals surface area contributed by atoms with Crippen LogP contribution in [0.3, 0.4) is 0 Å². The number of hydrogen-bond donors (Lipinski definition) is 1. The monoisotopic (exact) mass is 408 g/mol. The molecule has 5 nitrogen and oxygen atoms in total. The van der Waals surface area contributed by atoms with Crippen LogP contribution in [-0.2, 0) is 10.0 Å². The van der Waals surface area contributed by atoms with E-state index in [2.05, 4.69) is 5.32 Å². The zero-order valence-electron chi connectivity index (χ0n) is 16.4. The van der Waals surface area contributed by atoms with Crippen LogP contribution in [0.5, 0.6) is 0 Å². The minimum absolute atomic E-state index is 0.0792. The van der Waals surface area contributed by atoms with Crippen molar-refractivity contribution < 1.29 is 13.2 Å². The summed E-state index contributed by atoms with van der Waals surface area (Å²) in [5.41, 5.74) is 2.02. The van der Waals surface area contributed by atoms with Crippen LogP contribution in [-0.4, -0.2) is 21.4 Å². The maximum Gasteiger partial charge on any atom is 0.264 e. The third-order valence-electron chi connectivity index (χ3n) is 4.81. The number of amides is 1. The number of carbonyl (C=O) groups is 1. The molecule has 3 rings (SSSR count). The number of sulfonamides is 1. The lowest BCUT2D eigenvalue weighted by Gasteiger charge is -2.20. The van der Waals surface area contributed by atoms with Crippen molar-refractivity contribution in [2.45, 2.75) is 24.3 Å². The Kier molecular flexibility index (Phi) is 6.34. The Balaban J connectivity index is 1.75. The molecule has 3 aromatic carbocycles. The minimum Gasteiger partial charge on any atom is -0.345 e. The second kappa shape index (κ2) is 8.92. The van der Waals surface area contributed by atoms with Crippen molar-refractivity contribution in [3.05, 3.63) is 96.1 Å². The summed E-state index contributed by atoms with van der Waals surface area (Å²) in [4.78, 5) is 12.9. The quantitative estimate of drug-likeness (QED) is 0.630. The lowest BCUT2D eigenvalue weighted by molar-refractivity contribution is 0.0935. The third-order valence-corrected chi connectivity index (χ3v) is 6.61. The average molecular weight is 409 g/mol. The number of rotatable bonds is 7. The average Bonchev–Trinajstić information content (AvgIpc) is 2.78. The topological polar surface area (TPSA) is 66.5 Å². The Morgan fingerprint density at radius 2 is 1.45 bits per heavy atom. The molecule has 0 fully saturated rings. The first kappa shape index (κ1) is 20.6. The molecule has 1 unspecified atom stereocenters. The fourth-order valence-electron chi connectivity index (χ4n) is 3.06. The van der Waals surface area contributed by atoms with Crippen LogP contribution in [0.25, 0.3) is 0 Å². The third kappa shape index (κ3) is 4.66. The van der Waals surface area contributed by atoms with E-state index in [1.807, 2.05) is 37.3 Å². The molecule has 0 aliphatic rings. The van der Waals surface area contributed by atoms with Crippen molar-refractivity contribution >= 4 is 21.6 Å². The second-order valence-corrected chi connectivity index (χ2v) is 8.65. The van der Waals surface area contributed by atoms with Crippen LogP contribution in [0.4, 0.5) is 5.69 Å². The molecule has 1 amide bonds. The maximum absolute atomic E-state index is 12.7. The van der Waals surface area contributed by atoms with Crippen molar-refractivity contribution in [2.75, 3.05) is 11.4 Å². The van der Waals surface area contributed by atoms with E-state index in [-0.39, 0.29) is 16.8 Å². The van der Waals surface area contributed by atoms with Gasteiger partial charge in [-0.2, -0.15) is 0 Å². The molecule has 29 heavy (non-hydrogen) atoms. The Morgan fingerprint density at radius 1 is 0.897 bits per heavy atom. The van der Waals surface area contributed by atoms with Gasteiger partial charge in [0.15, 0.2) is 0 Å². The van der Waals surface area contributed by atoms with Gasteiger partial charge in [-0.3, -0.25) is 9.10 Å². The number of nitrogens with zero attached hydrogens (tertiary/aromatic N) is 1. The highest BCUT2D eigenvalue weighted by Gasteiger charge is 2.21. The zero-order valence-corrected chi connectivity index (χ0v) is 17.3. The Hall–Kier alpha value is -3.12. The summed E-state index contributed by atoms with van der Waals surface area (Å²) in [6.45, 7) is 2.02. The molecule has 0 aliphatic carbocycles. The van der Waals surface area contributed by atoms with E-state index >= 15 is 0 Å². The summed E-state index contributed by atoms with van der Waals surface area (Å²) >= 11 is 0. The van der Waals surface area contributed by atoms with Gasteiger partial charge in [0.1, 0.15) is 0 Å². The first-order valence-corrected chi connectivity index (χ1v) is 10.9. The van der Waals surface area contributed by atoms with E-state index < -0.39 is 10.0 Å². The molecule has 3 aromatic rings. The fourth-order valence-corrected chi connectivity index (χ4v) is 4.28. The fraction of sp³-hybridized carbons (Fsp3) is 0.174. The van der Waals surface area contributed by atoms with E-state index in [1.165, 1.54) is 11.4 Å². The molecule has 0 spiro atoms. The van der Waals surface area contributed by atoms with Gasteiger partial charge in [-0.1, -0.05) is 55.5 Å². The first-order valence-electron chi connectivity index (χ1n) is 9.43. The van der Waals surface area contributed by atoms with Crippen LogP contribution in [0, 0.1) is 0 Å². The Labute approximate surface area is 172 Å². The van der Waals surface area contributed by atoms with Gasteiger partial charge in [-0.25, -0.2) is 8.42 Å². The molecule has 1 N–H and O–H groups in total. The summed E-state index contributed by atoms with van der Waals surface area (Å²) in [7, 11) is -2.15. The summed E-state index contributed by atoms with van der Waals surface area (Å²) in [5.74, 6) is -0.194. The Bertz CT molecular complexity index is 1050. The maximum atomic E-state index is 12.7. The first-order chi connectivity index (χ1) is 13.9. The van der Waals surface area contributed by atoms with Crippen LogP contribution in [0.15, 0.2) is 89.8 Å². The molecule has 1 atom stereocenters. The molecule has 6 heteroatoms. The lowest BCUT2D eigenvalue weighted by Crippen LogP contribution is -2.28. The van der Waals surface area contributed by atoms with Gasteiger partial charge in [0, 0.05) is 12.6 Å². The van der Waals surface area contributed by atoms with Gasteiger partial charge < -0.3 is 5.32 Å². The van der Waals surface area contributed by atoms with Crippen LogP contribution in [0.1, 0.15) is 35.3 Å². The van der Waals surface area contributed by atoms with E-state index in [0.29, 0.717) is 11.3 Å². The van der Waals surface area contributed by atoms with Gasteiger partial charge >= 0.3 is 0 Å². The number of nitrogens with one attached hydrogen (secondary N) is 1. The molecule has 0 bridgehead atoms. The van der Waals surface area contributed by atoms with Gasteiger partial charge in [-0.15, -0.1) is 0 Å². The lowest BCUT2D eigenvalue weighted by atomic mass is 10.0. The molecule has 0 aliphatic heterocycles. The van der Waals surface area contributed by atoms with E-state index in [1.54, 1.807) is 54.6 Å². The highest BCUT2D eigenvalue weighted by Crippen LogP contribution is 2.23. The molecule has 0 aromatic heterocycles. The van der Waals surface area contributed by atoms with Gasteiger partial charge in [0.25, 0.3) is 15.9 Å². The van der Waals surface area contributed by atoms with Crippen LogP contribution < -0.4 is 9.62 Å². The molecule has 0 radical (unpaired) electrons. The molecule has 150 valence electrons. The van der Waals surface area contributed by atoms with E-state index in [4.69, 9.17) is 0 Å². The van der Waals surface area contributed by atoms with Crippen molar-refractivity contribution in [1.82, 2.24) is 5.32 Å². The summed E-state index contributed by atoms with van der Waals surface area (Å²) in [6.07, 6.45) is 0.770. The minimum atomic E-state index is -3.65. The number of anilines is 1. The van der Waals surface area contributed by atoms with Gasteiger partial charge in [-0.05, 0) is 48.4 Å². The molecular formula is C23H24N2O3S. The predicted octanol–water partition coefficient (Wildman–Crippen LogP) is 4.39. The van der Waals surface area contributed by atoms with Crippen molar-refractivity contribution in [3.63, 3.8) is 0 Å². The standard InChI is InChI=1S/C23H24N2O3S/c1-3-22(18-10-6-4-7-11-18)24-23(26)19-14-16-20(17-15-19)25(2)29(27,28)21-12-8-5-9-13-21/h4-17,22H,3H2,1-2H3,(H,24,26). The summed E-state index contributed by atoms with van der Waals surface area (Å²) in [6, 6.07) is 24.5. The SMILES string of the molecule is CCC(NC(=O)c1ccc(N(C)S(=O)(=O)c2ccccc2)cc1)c1ccccc1. The molecular weight excluding hydrogens is 384 g/mol. The largest absolute Gasteiger partial charge is 0.345 e. The van der Waals surface area contributed by atoms with Crippen LogP contribution >= 0.6 is 0 Å². The number of benzene rings is 3. The van der Waals surface area contributed by atoms with Gasteiger partial charge in [0.2, 0.25) is 0 Å². The number of carbonyl (C=O) groups excluding carboxylic acids is 1. The van der Waals surface area contributed by atoms with Crippen molar-refractivity contribution in [1.29, 1.82) is 0 Å². The molecule has 0 heterocycles. The highest BCUT2D eigenvalue weighted by molar-refractivity contribution is 7.92. The van der Waals surface area contributed by atoms with Gasteiger partial charge in [0.05, 0.1) is 16.6 Å². The summed E-state index contributed by atoms with van der Waals surface area (Å²) in [5, 5.41) is 3.03. The zero-order chi connectivity index (χ0) is 20.9. The van der Waals surface area contributed by atoms with E-state index in [0.717, 1.165) is 12.0 Å².